The molecule has 0 amide bonds. The highest BCUT2D eigenvalue weighted by Crippen LogP contribution is 2.33. The second-order valence-electron chi connectivity index (χ2n) is 4.66. The number of hydrogen-bond donors (Lipinski definition) is 1. The second kappa shape index (κ2) is 5.69. The van der Waals surface area contributed by atoms with Gasteiger partial charge in [0.25, 0.3) is 0 Å². The molecule has 19 heavy (non-hydrogen) atoms. The fourth-order valence-electron chi connectivity index (χ4n) is 2.00. The highest BCUT2D eigenvalue weighted by molar-refractivity contribution is 5.48. The van der Waals surface area contributed by atoms with Crippen molar-refractivity contribution in [3.05, 3.63) is 23.8 Å². The molecule has 1 aliphatic rings. The molecule has 1 heterocycles. The molecule has 0 saturated carbocycles. The summed E-state index contributed by atoms with van der Waals surface area (Å²) in [4.78, 5) is 0. The first-order valence-electron chi connectivity index (χ1n) is 6.13. The van der Waals surface area contributed by atoms with E-state index in [1.54, 1.807) is 0 Å². The summed E-state index contributed by atoms with van der Waals surface area (Å²) >= 11 is 0. The monoisotopic (exact) mass is 275 g/mol. The summed E-state index contributed by atoms with van der Waals surface area (Å²) in [6, 6.07) is 3.30. The van der Waals surface area contributed by atoms with E-state index in [1.807, 2.05) is 0 Å². The predicted octanol–water partition coefficient (Wildman–Crippen LogP) is 3.09. The standard InChI is InChI=1S/C13H16F3NO2/c14-13(15,16)10-5-11(17)7-12(6-10)19-8-9-1-3-18-4-2-9/h5-7,9H,1-4,8,17H2. The molecule has 1 aromatic rings. The van der Waals surface area contributed by atoms with Gasteiger partial charge in [-0.25, -0.2) is 0 Å². The topological polar surface area (TPSA) is 44.5 Å². The Kier molecular flexibility index (Phi) is 4.19. The van der Waals surface area contributed by atoms with Crippen LogP contribution in [0.25, 0.3) is 0 Å². The maximum Gasteiger partial charge on any atom is 0.416 e. The van der Waals surface area contributed by atoms with Crippen LogP contribution in [0.5, 0.6) is 5.75 Å². The minimum Gasteiger partial charge on any atom is -0.493 e. The van der Waals surface area contributed by atoms with Crippen LogP contribution in [0.3, 0.4) is 0 Å². The van der Waals surface area contributed by atoms with Crippen molar-refractivity contribution in [3.8, 4) is 5.75 Å². The molecule has 1 saturated heterocycles. The lowest BCUT2D eigenvalue weighted by molar-refractivity contribution is -0.137. The van der Waals surface area contributed by atoms with Crippen LogP contribution < -0.4 is 10.5 Å². The summed E-state index contributed by atoms with van der Waals surface area (Å²) in [5, 5.41) is 0. The Morgan fingerprint density at radius 3 is 2.53 bits per heavy atom. The zero-order valence-corrected chi connectivity index (χ0v) is 10.4. The number of alkyl halides is 3. The lowest BCUT2D eigenvalue weighted by Crippen LogP contribution is -2.21. The normalized spacial score (nSPS) is 17.4. The molecule has 0 aliphatic carbocycles. The van der Waals surface area contributed by atoms with E-state index in [2.05, 4.69) is 0 Å². The van der Waals surface area contributed by atoms with Crippen LogP contribution in [0.1, 0.15) is 18.4 Å². The molecular formula is C13H16F3NO2. The molecule has 0 aromatic heterocycles. The predicted molar refractivity (Wildman–Crippen MR) is 64.9 cm³/mol. The van der Waals surface area contributed by atoms with E-state index < -0.39 is 11.7 Å². The number of halogens is 3. The lowest BCUT2D eigenvalue weighted by Gasteiger charge is -2.22. The fourth-order valence-corrected chi connectivity index (χ4v) is 2.00. The molecule has 2 N–H and O–H groups in total. The van der Waals surface area contributed by atoms with E-state index in [1.165, 1.54) is 6.07 Å². The van der Waals surface area contributed by atoms with Crippen LogP contribution in [-0.4, -0.2) is 19.8 Å². The summed E-state index contributed by atoms with van der Waals surface area (Å²) in [7, 11) is 0. The lowest BCUT2D eigenvalue weighted by atomic mass is 10.0. The number of nitrogen functional groups attached to an aromatic ring is 1. The van der Waals surface area contributed by atoms with Crippen molar-refractivity contribution in [2.24, 2.45) is 5.92 Å². The van der Waals surface area contributed by atoms with Crippen molar-refractivity contribution in [1.82, 2.24) is 0 Å². The molecular weight excluding hydrogens is 259 g/mol. The molecule has 2 rings (SSSR count). The Balaban J connectivity index is 2.01. The van der Waals surface area contributed by atoms with Crippen molar-refractivity contribution in [2.75, 3.05) is 25.6 Å². The number of hydrogen-bond acceptors (Lipinski definition) is 3. The first-order chi connectivity index (χ1) is 8.95. The SMILES string of the molecule is Nc1cc(OCC2CCOCC2)cc(C(F)(F)F)c1. The van der Waals surface area contributed by atoms with Gasteiger partial charge in [0, 0.05) is 25.0 Å². The maximum absolute atomic E-state index is 12.6. The minimum absolute atomic E-state index is 0.0526. The first kappa shape index (κ1) is 14.0. The Bertz CT molecular complexity index is 428. The summed E-state index contributed by atoms with van der Waals surface area (Å²) in [6.45, 7) is 1.75. The molecule has 106 valence electrons. The van der Waals surface area contributed by atoms with Crippen molar-refractivity contribution >= 4 is 5.69 Å². The van der Waals surface area contributed by atoms with Crippen LogP contribution in [0.4, 0.5) is 18.9 Å². The van der Waals surface area contributed by atoms with Gasteiger partial charge in [-0.2, -0.15) is 13.2 Å². The van der Waals surface area contributed by atoms with E-state index in [9.17, 15) is 13.2 Å². The van der Waals surface area contributed by atoms with Gasteiger partial charge in [0.15, 0.2) is 0 Å². The number of ether oxygens (including phenoxy) is 2. The van der Waals surface area contributed by atoms with E-state index in [0.717, 1.165) is 25.0 Å². The largest absolute Gasteiger partial charge is 0.493 e. The maximum atomic E-state index is 12.6. The van der Waals surface area contributed by atoms with Gasteiger partial charge in [0.05, 0.1) is 12.2 Å². The van der Waals surface area contributed by atoms with Crippen LogP contribution in [-0.2, 0) is 10.9 Å². The third kappa shape index (κ3) is 4.02. The third-order valence-corrected chi connectivity index (χ3v) is 3.08. The van der Waals surface area contributed by atoms with E-state index >= 15 is 0 Å². The Morgan fingerprint density at radius 2 is 1.89 bits per heavy atom. The molecule has 6 heteroatoms. The fraction of sp³-hybridized carbons (Fsp3) is 0.538. The van der Waals surface area contributed by atoms with Gasteiger partial charge in [-0.15, -0.1) is 0 Å². The van der Waals surface area contributed by atoms with Gasteiger partial charge < -0.3 is 15.2 Å². The summed E-state index contributed by atoms with van der Waals surface area (Å²) in [6.07, 6.45) is -2.67. The van der Waals surface area contributed by atoms with Gasteiger partial charge >= 0.3 is 6.18 Å². The molecule has 0 spiro atoms. The first-order valence-corrected chi connectivity index (χ1v) is 6.13. The third-order valence-electron chi connectivity index (χ3n) is 3.08. The highest BCUT2D eigenvalue weighted by atomic mass is 19.4. The van der Waals surface area contributed by atoms with Gasteiger partial charge in [-0.3, -0.25) is 0 Å². The number of rotatable bonds is 3. The summed E-state index contributed by atoms with van der Waals surface area (Å²) in [5.41, 5.74) is 4.73. The molecule has 1 aromatic carbocycles. The van der Waals surface area contributed by atoms with E-state index in [-0.39, 0.29) is 11.4 Å². The average Bonchev–Trinajstić information content (AvgIpc) is 2.36. The van der Waals surface area contributed by atoms with Gasteiger partial charge in [0.1, 0.15) is 5.75 Å². The number of nitrogens with two attached hydrogens (primary N) is 1. The molecule has 0 atom stereocenters. The van der Waals surface area contributed by atoms with Crippen molar-refractivity contribution in [3.63, 3.8) is 0 Å². The van der Waals surface area contributed by atoms with Gasteiger partial charge in [-0.05, 0) is 30.9 Å². The smallest absolute Gasteiger partial charge is 0.416 e. The average molecular weight is 275 g/mol. The van der Waals surface area contributed by atoms with Crippen molar-refractivity contribution < 1.29 is 22.6 Å². The molecule has 1 fully saturated rings. The van der Waals surface area contributed by atoms with Crippen molar-refractivity contribution in [1.29, 1.82) is 0 Å². The quantitative estimate of drug-likeness (QED) is 0.862. The van der Waals surface area contributed by atoms with Gasteiger partial charge in [-0.1, -0.05) is 0 Å². The van der Waals surface area contributed by atoms with E-state index in [4.69, 9.17) is 15.2 Å². The molecule has 0 bridgehead atoms. The Morgan fingerprint density at radius 1 is 1.21 bits per heavy atom. The van der Waals surface area contributed by atoms with Crippen LogP contribution in [0.2, 0.25) is 0 Å². The van der Waals surface area contributed by atoms with Crippen LogP contribution in [0, 0.1) is 5.92 Å². The molecule has 0 radical (unpaired) electrons. The zero-order valence-electron chi connectivity index (χ0n) is 10.4. The Hall–Kier alpha value is -1.43. The summed E-state index contributed by atoms with van der Waals surface area (Å²) < 4.78 is 48.5. The number of anilines is 1. The van der Waals surface area contributed by atoms with E-state index in [0.29, 0.717) is 25.7 Å². The molecule has 0 unspecified atom stereocenters. The number of benzene rings is 1. The van der Waals surface area contributed by atoms with Crippen LogP contribution in [0.15, 0.2) is 18.2 Å². The minimum atomic E-state index is -4.41. The second-order valence-corrected chi connectivity index (χ2v) is 4.66. The summed E-state index contributed by atoms with van der Waals surface area (Å²) in [5.74, 6) is 0.489. The highest BCUT2D eigenvalue weighted by Gasteiger charge is 2.31. The zero-order chi connectivity index (χ0) is 13.9. The van der Waals surface area contributed by atoms with Gasteiger partial charge in [0.2, 0.25) is 0 Å². The van der Waals surface area contributed by atoms with Crippen molar-refractivity contribution in [2.45, 2.75) is 19.0 Å². The Labute approximate surface area is 109 Å². The molecule has 1 aliphatic heterocycles. The van der Waals surface area contributed by atoms with Crippen LogP contribution >= 0.6 is 0 Å². The molecule has 3 nitrogen and oxygen atoms in total.